The largest absolute Gasteiger partial charge is 0.444 e. The molecular formula is C32H51N3O4. The van der Waals surface area contributed by atoms with Crippen molar-refractivity contribution in [2.24, 2.45) is 5.92 Å². The lowest BCUT2D eigenvalue weighted by Crippen LogP contribution is -2.55. The summed E-state index contributed by atoms with van der Waals surface area (Å²) in [6.45, 7) is 14.2. The second-order valence-electron chi connectivity index (χ2n) is 11.4. The van der Waals surface area contributed by atoms with Gasteiger partial charge < -0.3 is 20.3 Å². The van der Waals surface area contributed by atoms with Crippen LogP contribution in [0.1, 0.15) is 117 Å². The second-order valence-corrected chi connectivity index (χ2v) is 11.4. The molecule has 39 heavy (non-hydrogen) atoms. The van der Waals surface area contributed by atoms with Gasteiger partial charge in [-0.25, -0.2) is 4.79 Å². The molecule has 0 heterocycles. The third-order valence-corrected chi connectivity index (χ3v) is 6.44. The van der Waals surface area contributed by atoms with E-state index in [1.54, 1.807) is 31.7 Å². The molecule has 7 heteroatoms. The van der Waals surface area contributed by atoms with Gasteiger partial charge in [0.05, 0.1) is 0 Å². The minimum atomic E-state index is -0.918. The maximum atomic E-state index is 14.2. The van der Waals surface area contributed by atoms with Crippen LogP contribution in [0.2, 0.25) is 0 Å². The summed E-state index contributed by atoms with van der Waals surface area (Å²) in [6.07, 6.45) is 13.1. The van der Waals surface area contributed by atoms with E-state index >= 15 is 0 Å². The summed E-state index contributed by atoms with van der Waals surface area (Å²) in [7, 11) is 0. The van der Waals surface area contributed by atoms with Gasteiger partial charge in [-0.1, -0.05) is 90.3 Å². The summed E-state index contributed by atoms with van der Waals surface area (Å²) in [6, 6.07) is 5.46. The van der Waals surface area contributed by atoms with E-state index in [1.807, 2.05) is 32.0 Å². The molecule has 1 aromatic rings. The van der Waals surface area contributed by atoms with Gasteiger partial charge in [-0.05, 0) is 51.2 Å². The van der Waals surface area contributed by atoms with E-state index < -0.39 is 23.8 Å². The van der Waals surface area contributed by atoms with Gasteiger partial charge in [0, 0.05) is 18.7 Å². The fourth-order valence-electron chi connectivity index (χ4n) is 4.36. The number of nitrogens with zero attached hydrogens (tertiary/aromatic N) is 1. The average Bonchev–Trinajstić information content (AvgIpc) is 2.87. The van der Waals surface area contributed by atoms with Gasteiger partial charge in [0.1, 0.15) is 17.7 Å². The van der Waals surface area contributed by atoms with E-state index in [-0.39, 0.29) is 17.7 Å². The van der Waals surface area contributed by atoms with Crippen molar-refractivity contribution in [3.8, 4) is 12.3 Å². The number of carbonyl (C=O) groups excluding carboxylic acids is 3. The lowest BCUT2D eigenvalue weighted by Gasteiger charge is -2.36. The number of benzene rings is 1. The molecule has 0 saturated heterocycles. The average molecular weight is 542 g/mol. The quantitative estimate of drug-likeness (QED) is 0.188. The molecule has 0 saturated carbocycles. The predicted molar refractivity (Wildman–Crippen MR) is 158 cm³/mol. The van der Waals surface area contributed by atoms with Crippen LogP contribution in [0.4, 0.5) is 4.79 Å². The molecule has 2 atom stereocenters. The van der Waals surface area contributed by atoms with Gasteiger partial charge in [-0.2, -0.15) is 0 Å². The summed E-state index contributed by atoms with van der Waals surface area (Å²) >= 11 is 0. The molecule has 0 bridgehead atoms. The van der Waals surface area contributed by atoms with Crippen LogP contribution in [0.15, 0.2) is 24.3 Å². The van der Waals surface area contributed by atoms with E-state index in [9.17, 15) is 14.4 Å². The molecule has 218 valence electrons. The van der Waals surface area contributed by atoms with Crippen molar-refractivity contribution < 1.29 is 19.1 Å². The Morgan fingerprint density at radius 1 is 0.974 bits per heavy atom. The number of alkyl carbamates (subject to hydrolysis) is 1. The van der Waals surface area contributed by atoms with E-state index in [0.717, 1.165) is 44.9 Å². The van der Waals surface area contributed by atoms with Crippen LogP contribution >= 0.6 is 0 Å². The standard InChI is InChI=1S/C32H51N3O4/c1-9-12-14-15-16-19-23-35(30(37)27(24(4)5)34-31(38)39-32(6,7)8)28(29(36)33-22-13-10-2)26-21-18-17-20-25(26)11-3/h3,17-18,20-21,24,27-28H,9-10,12-16,19,22-23H2,1-2,4-8H3,(H,33,36)(H,34,38). The number of hydrogen-bond donors (Lipinski definition) is 2. The van der Waals surface area contributed by atoms with Crippen LogP contribution in [0.3, 0.4) is 0 Å². The van der Waals surface area contributed by atoms with Gasteiger partial charge >= 0.3 is 6.09 Å². The highest BCUT2D eigenvalue weighted by atomic mass is 16.6. The van der Waals surface area contributed by atoms with Crippen LogP contribution in [0.25, 0.3) is 0 Å². The number of ether oxygens (including phenoxy) is 1. The molecule has 2 N–H and O–H groups in total. The highest BCUT2D eigenvalue weighted by Crippen LogP contribution is 2.27. The van der Waals surface area contributed by atoms with Gasteiger partial charge in [0.2, 0.25) is 11.8 Å². The fraction of sp³-hybridized carbons (Fsp3) is 0.656. The number of carbonyl (C=O) groups is 3. The zero-order valence-corrected chi connectivity index (χ0v) is 25.3. The Hall–Kier alpha value is -3.01. The Morgan fingerprint density at radius 2 is 1.59 bits per heavy atom. The fourth-order valence-corrected chi connectivity index (χ4v) is 4.36. The minimum Gasteiger partial charge on any atom is -0.444 e. The Labute approximate surface area is 236 Å². The molecule has 0 fully saturated rings. The van der Waals surface area contributed by atoms with Crippen molar-refractivity contribution in [2.45, 2.75) is 118 Å². The zero-order valence-electron chi connectivity index (χ0n) is 25.3. The van der Waals surface area contributed by atoms with Crippen LogP contribution in [0.5, 0.6) is 0 Å². The summed E-state index contributed by atoms with van der Waals surface area (Å²) in [4.78, 5) is 42.3. The lowest BCUT2D eigenvalue weighted by molar-refractivity contribution is -0.143. The first-order chi connectivity index (χ1) is 18.5. The molecule has 3 amide bonds. The number of amides is 3. The lowest BCUT2D eigenvalue weighted by atomic mass is 9.95. The van der Waals surface area contributed by atoms with Crippen LogP contribution in [0, 0.1) is 18.3 Å². The molecular weight excluding hydrogens is 490 g/mol. The molecule has 1 rings (SSSR count). The highest BCUT2D eigenvalue weighted by molar-refractivity contribution is 5.92. The molecule has 0 radical (unpaired) electrons. The van der Waals surface area contributed by atoms with Gasteiger partial charge in [-0.3, -0.25) is 9.59 Å². The molecule has 0 aliphatic rings. The summed E-state index contributed by atoms with van der Waals surface area (Å²) in [5.74, 6) is 1.85. The van der Waals surface area contributed by atoms with Gasteiger partial charge in [0.25, 0.3) is 0 Å². The third-order valence-electron chi connectivity index (χ3n) is 6.44. The smallest absolute Gasteiger partial charge is 0.408 e. The van der Waals surface area contributed by atoms with Crippen molar-refractivity contribution >= 4 is 17.9 Å². The van der Waals surface area contributed by atoms with Gasteiger partial charge in [0.15, 0.2) is 0 Å². The topological polar surface area (TPSA) is 87.7 Å². The van der Waals surface area contributed by atoms with E-state index in [0.29, 0.717) is 24.2 Å². The highest BCUT2D eigenvalue weighted by Gasteiger charge is 2.38. The monoisotopic (exact) mass is 541 g/mol. The van der Waals surface area contributed by atoms with Crippen LogP contribution in [-0.2, 0) is 14.3 Å². The van der Waals surface area contributed by atoms with Crippen LogP contribution in [-0.4, -0.2) is 47.5 Å². The first-order valence-corrected chi connectivity index (χ1v) is 14.6. The molecule has 0 aliphatic carbocycles. The maximum Gasteiger partial charge on any atom is 0.408 e. The van der Waals surface area contributed by atoms with Crippen molar-refractivity contribution in [2.75, 3.05) is 13.1 Å². The molecule has 7 nitrogen and oxygen atoms in total. The normalized spacial score (nSPS) is 12.8. The molecule has 0 spiro atoms. The van der Waals surface area contributed by atoms with Crippen molar-refractivity contribution in [1.82, 2.24) is 15.5 Å². The van der Waals surface area contributed by atoms with Crippen molar-refractivity contribution in [3.63, 3.8) is 0 Å². The Kier molecular flexibility index (Phi) is 15.3. The van der Waals surface area contributed by atoms with E-state index in [1.165, 1.54) is 6.42 Å². The molecule has 0 aliphatic heterocycles. The minimum absolute atomic E-state index is 0.233. The Balaban J connectivity index is 3.46. The molecule has 1 aromatic carbocycles. The second kappa shape index (κ2) is 17.6. The Morgan fingerprint density at radius 3 is 2.18 bits per heavy atom. The number of rotatable bonds is 16. The Bertz CT molecular complexity index is 945. The maximum absolute atomic E-state index is 14.2. The molecule has 0 aromatic heterocycles. The number of unbranched alkanes of at least 4 members (excludes halogenated alkanes) is 6. The number of terminal acetylenes is 1. The predicted octanol–water partition coefficient (Wildman–Crippen LogP) is 6.36. The summed E-state index contributed by atoms with van der Waals surface area (Å²) < 4.78 is 5.45. The number of nitrogens with one attached hydrogen (secondary N) is 2. The first-order valence-electron chi connectivity index (χ1n) is 14.6. The van der Waals surface area contributed by atoms with Crippen molar-refractivity contribution in [1.29, 1.82) is 0 Å². The first kappa shape index (κ1) is 34.0. The zero-order chi connectivity index (χ0) is 29.4. The van der Waals surface area contributed by atoms with Crippen LogP contribution < -0.4 is 10.6 Å². The number of hydrogen-bond acceptors (Lipinski definition) is 4. The third kappa shape index (κ3) is 12.1. The summed E-state index contributed by atoms with van der Waals surface area (Å²) in [5.41, 5.74) is 0.462. The van der Waals surface area contributed by atoms with Crippen molar-refractivity contribution in [3.05, 3.63) is 35.4 Å². The van der Waals surface area contributed by atoms with E-state index in [2.05, 4.69) is 30.4 Å². The summed E-state index contributed by atoms with van der Waals surface area (Å²) in [5, 5.41) is 5.79. The van der Waals surface area contributed by atoms with Gasteiger partial charge in [-0.15, -0.1) is 6.42 Å². The molecule has 2 unspecified atom stereocenters. The van der Waals surface area contributed by atoms with E-state index in [4.69, 9.17) is 11.2 Å². The SMILES string of the molecule is C#Cc1ccccc1C(C(=O)NCCCC)N(CCCCCCCC)C(=O)C(NC(=O)OC(C)(C)C)C(C)C.